The highest BCUT2D eigenvalue weighted by molar-refractivity contribution is 5.73. The smallest absolute Gasteiger partial charge is 0.217 e. The molecule has 2 aliphatic rings. The summed E-state index contributed by atoms with van der Waals surface area (Å²) in [5.74, 6) is -0.989. The molecule has 0 saturated carbocycles. The van der Waals surface area contributed by atoms with Crippen molar-refractivity contribution in [1.29, 1.82) is 0 Å². The second kappa shape index (κ2) is 12.9. The molecule has 0 radical (unpaired) electrons. The zero-order valence-electron chi connectivity index (χ0n) is 20.0. The van der Waals surface area contributed by atoms with Gasteiger partial charge in [0.15, 0.2) is 12.6 Å². The maximum Gasteiger partial charge on any atom is 0.217 e. The molecule has 3 rings (SSSR count). The zero-order chi connectivity index (χ0) is 26.4. The van der Waals surface area contributed by atoms with Crippen LogP contribution in [-0.2, 0) is 35.1 Å². The van der Waals surface area contributed by atoms with Crippen molar-refractivity contribution in [1.82, 2.24) is 10.6 Å². The van der Waals surface area contributed by atoms with Gasteiger partial charge in [-0.3, -0.25) is 9.59 Å². The molecule has 10 unspecified atom stereocenters. The van der Waals surface area contributed by atoms with Gasteiger partial charge < -0.3 is 55.1 Å². The lowest BCUT2D eigenvalue weighted by molar-refractivity contribution is -0.305. The average Bonchev–Trinajstić information content (AvgIpc) is 2.85. The van der Waals surface area contributed by atoms with Crippen LogP contribution in [0.4, 0.5) is 0 Å². The number of rotatable bonds is 9. The van der Waals surface area contributed by atoms with E-state index in [1.807, 2.05) is 30.3 Å². The molecule has 36 heavy (non-hydrogen) atoms. The maximum atomic E-state index is 11.7. The highest BCUT2D eigenvalue weighted by Crippen LogP contribution is 2.26. The molecule has 13 nitrogen and oxygen atoms in total. The van der Waals surface area contributed by atoms with E-state index < -0.39 is 86.3 Å². The molecule has 1 aromatic carbocycles. The highest BCUT2D eigenvalue weighted by Gasteiger charge is 2.48. The van der Waals surface area contributed by atoms with E-state index in [1.54, 1.807) is 0 Å². The van der Waals surface area contributed by atoms with Crippen molar-refractivity contribution in [3.8, 4) is 0 Å². The lowest BCUT2D eigenvalue weighted by Gasteiger charge is -2.45. The van der Waals surface area contributed by atoms with Crippen molar-refractivity contribution in [3.63, 3.8) is 0 Å². The number of aliphatic hydroxyl groups excluding tert-OH is 5. The number of nitrogens with one attached hydrogen (secondary N) is 2. The summed E-state index contributed by atoms with van der Waals surface area (Å²) in [4.78, 5) is 23.3. The predicted molar refractivity (Wildman–Crippen MR) is 121 cm³/mol. The lowest BCUT2D eigenvalue weighted by atomic mass is 9.96. The van der Waals surface area contributed by atoms with E-state index in [1.165, 1.54) is 13.8 Å². The molecule has 0 aromatic heterocycles. The van der Waals surface area contributed by atoms with Gasteiger partial charge in [0, 0.05) is 13.8 Å². The standard InChI is InChI=1S/C23H34N2O11/c1-11(27)24-16-20(31)18(29)14(8-26)35-23(16)34-10-15-19(30)21(32)17(25-12(2)28)22(36-15)33-9-13-6-4-3-5-7-13/h3-7,14-23,26,29-32H,8-10H2,1-2H3,(H,24,27)(H,25,28). The predicted octanol–water partition coefficient (Wildman–Crippen LogP) is -2.89. The van der Waals surface area contributed by atoms with E-state index in [2.05, 4.69) is 10.6 Å². The first-order valence-corrected chi connectivity index (χ1v) is 11.6. The summed E-state index contributed by atoms with van der Waals surface area (Å²) in [5, 5.41) is 56.3. The van der Waals surface area contributed by atoms with E-state index in [0.717, 1.165) is 5.56 Å². The Balaban J connectivity index is 1.71. The average molecular weight is 515 g/mol. The van der Waals surface area contributed by atoms with Crippen molar-refractivity contribution < 1.29 is 54.1 Å². The van der Waals surface area contributed by atoms with Gasteiger partial charge in [-0.1, -0.05) is 30.3 Å². The minimum atomic E-state index is -1.52. The van der Waals surface area contributed by atoms with Crippen molar-refractivity contribution in [3.05, 3.63) is 35.9 Å². The van der Waals surface area contributed by atoms with E-state index in [9.17, 15) is 35.1 Å². The molecule has 2 amide bonds. The first-order chi connectivity index (χ1) is 17.1. The largest absolute Gasteiger partial charge is 0.394 e. The van der Waals surface area contributed by atoms with Crippen LogP contribution in [0.1, 0.15) is 19.4 Å². The fraction of sp³-hybridized carbons (Fsp3) is 0.652. The molecule has 2 fully saturated rings. The molecule has 0 aliphatic carbocycles. The lowest BCUT2D eigenvalue weighted by Crippen LogP contribution is -2.66. The van der Waals surface area contributed by atoms with Crippen LogP contribution < -0.4 is 10.6 Å². The fourth-order valence-corrected chi connectivity index (χ4v) is 4.15. The van der Waals surface area contributed by atoms with E-state index >= 15 is 0 Å². The van der Waals surface area contributed by atoms with Crippen molar-refractivity contribution in [2.45, 2.75) is 81.7 Å². The minimum absolute atomic E-state index is 0.0938. The SMILES string of the molecule is CC(=O)NC1C(OCC2OC(OCc3ccccc3)C(NC(C)=O)C(O)C2O)OC(CO)C(O)C1O. The quantitative estimate of drug-likeness (QED) is 0.179. The maximum absolute atomic E-state index is 11.7. The van der Waals surface area contributed by atoms with Crippen molar-refractivity contribution >= 4 is 11.8 Å². The van der Waals surface area contributed by atoms with Crippen LogP contribution in [0.15, 0.2) is 30.3 Å². The van der Waals surface area contributed by atoms with Crippen LogP contribution >= 0.6 is 0 Å². The first-order valence-electron chi connectivity index (χ1n) is 11.6. The number of carbonyl (C=O) groups is 2. The molecular formula is C23H34N2O11. The van der Waals surface area contributed by atoms with Crippen LogP contribution in [0.2, 0.25) is 0 Å². The summed E-state index contributed by atoms with van der Waals surface area (Å²) >= 11 is 0. The van der Waals surface area contributed by atoms with Crippen LogP contribution in [0.25, 0.3) is 0 Å². The normalized spacial score (nSPS) is 36.8. The van der Waals surface area contributed by atoms with Crippen LogP contribution in [0.3, 0.4) is 0 Å². The number of carbonyl (C=O) groups excluding carboxylic acids is 2. The number of amides is 2. The van der Waals surface area contributed by atoms with Crippen molar-refractivity contribution in [2.24, 2.45) is 0 Å². The van der Waals surface area contributed by atoms with Gasteiger partial charge in [0.1, 0.15) is 48.7 Å². The topological polar surface area (TPSA) is 196 Å². The summed E-state index contributed by atoms with van der Waals surface area (Å²) < 4.78 is 22.8. The van der Waals surface area contributed by atoms with Crippen molar-refractivity contribution in [2.75, 3.05) is 13.2 Å². The minimum Gasteiger partial charge on any atom is -0.394 e. The van der Waals surface area contributed by atoms with Crippen LogP contribution in [0, 0.1) is 0 Å². The van der Waals surface area contributed by atoms with Gasteiger partial charge in [0.25, 0.3) is 0 Å². The third kappa shape index (κ3) is 6.97. The monoisotopic (exact) mass is 514 g/mol. The second-order valence-corrected chi connectivity index (χ2v) is 8.81. The Hall–Kier alpha value is -2.20. The Kier molecular flexibility index (Phi) is 10.1. The van der Waals surface area contributed by atoms with Gasteiger partial charge in [0.05, 0.1) is 19.8 Å². The molecule has 13 heteroatoms. The Labute approximate surface area is 207 Å². The van der Waals surface area contributed by atoms with Crippen LogP contribution in [0.5, 0.6) is 0 Å². The van der Waals surface area contributed by atoms with Gasteiger partial charge in [0.2, 0.25) is 11.8 Å². The Morgan fingerprint density at radius 3 is 1.83 bits per heavy atom. The summed E-state index contributed by atoms with van der Waals surface area (Å²) in [6, 6.07) is 6.86. The molecule has 10 atom stereocenters. The molecule has 202 valence electrons. The number of benzene rings is 1. The van der Waals surface area contributed by atoms with Gasteiger partial charge in [-0.15, -0.1) is 0 Å². The third-order valence-corrected chi connectivity index (χ3v) is 6.00. The molecule has 0 bridgehead atoms. The number of hydrogen-bond acceptors (Lipinski definition) is 11. The number of hydrogen-bond donors (Lipinski definition) is 7. The molecule has 2 heterocycles. The Morgan fingerprint density at radius 1 is 0.806 bits per heavy atom. The fourth-order valence-electron chi connectivity index (χ4n) is 4.15. The van der Waals surface area contributed by atoms with Gasteiger partial charge in [-0.05, 0) is 5.56 Å². The number of ether oxygens (including phenoxy) is 4. The molecule has 2 aliphatic heterocycles. The highest BCUT2D eigenvalue weighted by atomic mass is 16.7. The van der Waals surface area contributed by atoms with E-state index in [0.29, 0.717) is 0 Å². The molecule has 2 saturated heterocycles. The molecule has 0 spiro atoms. The summed E-state index contributed by atoms with van der Waals surface area (Å²) in [6.07, 6.45) is -10.8. The number of aliphatic hydroxyl groups is 5. The summed E-state index contributed by atoms with van der Waals surface area (Å²) in [7, 11) is 0. The van der Waals surface area contributed by atoms with Gasteiger partial charge >= 0.3 is 0 Å². The third-order valence-electron chi connectivity index (χ3n) is 6.00. The van der Waals surface area contributed by atoms with Gasteiger partial charge in [-0.2, -0.15) is 0 Å². The van der Waals surface area contributed by atoms with E-state index in [-0.39, 0.29) is 6.61 Å². The summed E-state index contributed by atoms with van der Waals surface area (Å²) in [5.41, 5.74) is 0.812. The second-order valence-electron chi connectivity index (χ2n) is 8.81. The Bertz CT molecular complexity index is 860. The molecule has 7 N–H and O–H groups in total. The Morgan fingerprint density at radius 2 is 1.31 bits per heavy atom. The van der Waals surface area contributed by atoms with E-state index in [4.69, 9.17) is 18.9 Å². The zero-order valence-corrected chi connectivity index (χ0v) is 20.0. The van der Waals surface area contributed by atoms with Gasteiger partial charge in [-0.25, -0.2) is 0 Å². The molecular weight excluding hydrogens is 480 g/mol. The first kappa shape index (κ1) is 28.4. The van der Waals surface area contributed by atoms with Crippen LogP contribution in [-0.4, -0.2) is 112 Å². The molecule has 1 aromatic rings. The summed E-state index contributed by atoms with van der Waals surface area (Å²) in [6.45, 7) is 1.53.